The van der Waals surface area contributed by atoms with Gasteiger partial charge in [0, 0.05) is 24.2 Å². The first kappa shape index (κ1) is 22.2. The van der Waals surface area contributed by atoms with Crippen LogP contribution in [0.15, 0.2) is 24.3 Å². The van der Waals surface area contributed by atoms with E-state index in [9.17, 15) is 4.79 Å². The molecule has 0 fully saturated rings. The van der Waals surface area contributed by atoms with E-state index < -0.39 is 0 Å². The zero-order chi connectivity index (χ0) is 21.6. The van der Waals surface area contributed by atoms with Crippen molar-refractivity contribution in [1.29, 1.82) is 0 Å². The fourth-order valence-corrected chi connectivity index (χ4v) is 3.27. The van der Waals surface area contributed by atoms with Crippen molar-refractivity contribution in [2.24, 2.45) is 0 Å². The second kappa shape index (κ2) is 9.91. The predicted molar refractivity (Wildman–Crippen MR) is 112 cm³/mol. The fourth-order valence-electron chi connectivity index (χ4n) is 3.27. The molecular weight excluding hydrogens is 374 g/mol. The van der Waals surface area contributed by atoms with Crippen LogP contribution in [0, 0.1) is 0 Å². The first-order valence-electron chi connectivity index (χ1n) is 9.35. The SMILES string of the molecule is CCN(CC)C(=O)c1cc(OC)c(OC)cc1-c1ccc(OC)c(OC)c1OC. The number of nitrogens with zero attached hydrogens (tertiary/aromatic N) is 1. The minimum atomic E-state index is -0.109. The summed E-state index contributed by atoms with van der Waals surface area (Å²) in [5.41, 5.74) is 1.82. The van der Waals surface area contributed by atoms with E-state index in [-0.39, 0.29) is 5.91 Å². The van der Waals surface area contributed by atoms with Crippen molar-refractivity contribution in [3.8, 4) is 39.9 Å². The maximum absolute atomic E-state index is 13.3. The number of amides is 1. The summed E-state index contributed by atoms with van der Waals surface area (Å²) < 4.78 is 27.4. The second-order valence-electron chi connectivity index (χ2n) is 6.11. The fraction of sp³-hybridized carbons (Fsp3) is 0.409. The van der Waals surface area contributed by atoms with Crippen LogP contribution in [0.1, 0.15) is 24.2 Å². The molecule has 1 amide bonds. The number of carbonyl (C=O) groups is 1. The Morgan fingerprint density at radius 2 is 1.28 bits per heavy atom. The van der Waals surface area contributed by atoms with E-state index >= 15 is 0 Å². The van der Waals surface area contributed by atoms with Crippen LogP contribution in [0.5, 0.6) is 28.7 Å². The molecule has 0 aliphatic rings. The molecule has 29 heavy (non-hydrogen) atoms. The Bertz CT molecular complexity index is 861. The number of benzene rings is 2. The molecule has 2 aromatic carbocycles. The van der Waals surface area contributed by atoms with Gasteiger partial charge in [-0.15, -0.1) is 0 Å². The van der Waals surface area contributed by atoms with Crippen LogP contribution >= 0.6 is 0 Å². The highest BCUT2D eigenvalue weighted by atomic mass is 16.5. The standard InChI is InChI=1S/C22H29NO6/c1-8-23(9-2)22(24)16-13-19(27-5)18(26-4)12-15(16)14-10-11-17(25-3)21(29-7)20(14)28-6/h10-13H,8-9H2,1-7H3. The van der Waals surface area contributed by atoms with Crippen molar-refractivity contribution in [3.63, 3.8) is 0 Å². The van der Waals surface area contributed by atoms with Gasteiger partial charge in [0.2, 0.25) is 5.75 Å². The molecule has 158 valence electrons. The lowest BCUT2D eigenvalue weighted by molar-refractivity contribution is 0.0773. The molecule has 0 bridgehead atoms. The van der Waals surface area contributed by atoms with Crippen molar-refractivity contribution in [3.05, 3.63) is 29.8 Å². The van der Waals surface area contributed by atoms with Crippen molar-refractivity contribution in [2.75, 3.05) is 48.6 Å². The number of hydrogen-bond acceptors (Lipinski definition) is 6. The summed E-state index contributed by atoms with van der Waals surface area (Å²) >= 11 is 0. The van der Waals surface area contributed by atoms with Crippen LogP contribution in [-0.2, 0) is 0 Å². The van der Waals surface area contributed by atoms with Gasteiger partial charge < -0.3 is 28.6 Å². The lowest BCUT2D eigenvalue weighted by Gasteiger charge is -2.23. The highest BCUT2D eigenvalue weighted by Gasteiger charge is 2.25. The summed E-state index contributed by atoms with van der Waals surface area (Å²) in [5, 5.41) is 0. The van der Waals surface area contributed by atoms with E-state index in [4.69, 9.17) is 23.7 Å². The van der Waals surface area contributed by atoms with Gasteiger partial charge in [0.1, 0.15) is 0 Å². The monoisotopic (exact) mass is 403 g/mol. The van der Waals surface area contributed by atoms with Crippen molar-refractivity contribution >= 4 is 5.91 Å². The van der Waals surface area contributed by atoms with Gasteiger partial charge in [0.05, 0.1) is 41.1 Å². The molecule has 0 N–H and O–H groups in total. The molecule has 0 heterocycles. The Morgan fingerprint density at radius 3 is 1.76 bits per heavy atom. The van der Waals surface area contributed by atoms with Gasteiger partial charge >= 0.3 is 0 Å². The smallest absolute Gasteiger partial charge is 0.254 e. The molecule has 0 aliphatic heterocycles. The first-order chi connectivity index (χ1) is 14.0. The minimum absolute atomic E-state index is 0.109. The zero-order valence-electron chi connectivity index (χ0n) is 18.1. The van der Waals surface area contributed by atoms with Gasteiger partial charge in [-0.1, -0.05) is 0 Å². The molecule has 7 nitrogen and oxygen atoms in total. The summed E-state index contributed by atoms with van der Waals surface area (Å²) in [6.07, 6.45) is 0. The van der Waals surface area contributed by atoms with Gasteiger partial charge in [0.15, 0.2) is 23.0 Å². The molecule has 0 saturated carbocycles. The number of carbonyl (C=O) groups excluding carboxylic acids is 1. The predicted octanol–water partition coefficient (Wildman–Crippen LogP) is 3.88. The molecule has 7 heteroatoms. The highest BCUT2D eigenvalue weighted by Crippen LogP contribution is 2.47. The van der Waals surface area contributed by atoms with Crippen LogP contribution in [0.25, 0.3) is 11.1 Å². The molecule has 0 aliphatic carbocycles. The molecular formula is C22H29NO6. The van der Waals surface area contributed by atoms with Crippen LogP contribution in [0.3, 0.4) is 0 Å². The minimum Gasteiger partial charge on any atom is -0.493 e. The topological polar surface area (TPSA) is 66.5 Å². The van der Waals surface area contributed by atoms with E-state index in [1.54, 1.807) is 58.6 Å². The summed E-state index contributed by atoms with van der Waals surface area (Å²) in [7, 11) is 7.75. The molecule has 2 rings (SSSR count). The average molecular weight is 403 g/mol. The molecule has 0 unspecified atom stereocenters. The van der Waals surface area contributed by atoms with E-state index in [0.29, 0.717) is 58.5 Å². The zero-order valence-corrected chi connectivity index (χ0v) is 18.1. The third kappa shape index (κ3) is 4.18. The number of rotatable bonds is 9. The van der Waals surface area contributed by atoms with Gasteiger partial charge in [0.25, 0.3) is 5.91 Å². The van der Waals surface area contributed by atoms with Gasteiger partial charge in [-0.05, 0) is 38.1 Å². The molecule has 0 radical (unpaired) electrons. The molecule has 0 saturated heterocycles. The van der Waals surface area contributed by atoms with Crippen molar-refractivity contribution in [1.82, 2.24) is 4.90 Å². The van der Waals surface area contributed by atoms with Crippen LogP contribution in [0.4, 0.5) is 0 Å². The van der Waals surface area contributed by atoms with Crippen LogP contribution in [0.2, 0.25) is 0 Å². The maximum atomic E-state index is 13.3. The van der Waals surface area contributed by atoms with Gasteiger partial charge in [-0.2, -0.15) is 0 Å². The lowest BCUT2D eigenvalue weighted by Crippen LogP contribution is -2.31. The van der Waals surface area contributed by atoms with E-state index in [0.717, 1.165) is 0 Å². The summed E-state index contributed by atoms with van der Waals surface area (Å²) in [6, 6.07) is 7.09. The maximum Gasteiger partial charge on any atom is 0.254 e. The molecule has 0 spiro atoms. The number of hydrogen-bond donors (Lipinski definition) is 0. The molecule has 0 atom stereocenters. The van der Waals surface area contributed by atoms with Crippen molar-refractivity contribution < 1.29 is 28.5 Å². The number of methoxy groups -OCH3 is 5. The summed E-state index contributed by atoms with van der Waals surface area (Å²) in [6.45, 7) is 5.07. The van der Waals surface area contributed by atoms with Crippen molar-refractivity contribution in [2.45, 2.75) is 13.8 Å². The summed E-state index contributed by atoms with van der Waals surface area (Å²) in [5.74, 6) is 2.32. The lowest BCUT2D eigenvalue weighted by atomic mass is 9.96. The first-order valence-corrected chi connectivity index (χ1v) is 9.35. The third-order valence-electron chi connectivity index (χ3n) is 4.80. The summed E-state index contributed by atoms with van der Waals surface area (Å²) in [4.78, 5) is 15.0. The second-order valence-corrected chi connectivity index (χ2v) is 6.11. The van der Waals surface area contributed by atoms with Gasteiger partial charge in [-0.3, -0.25) is 4.79 Å². The van der Waals surface area contributed by atoms with Crippen LogP contribution < -0.4 is 23.7 Å². The normalized spacial score (nSPS) is 10.3. The quantitative estimate of drug-likeness (QED) is 0.633. The number of ether oxygens (including phenoxy) is 5. The Labute approximate surface area is 172 Å². The van der Waals surface area contributed by atoms with E-state index in [2.05, 4.69) is 0 Å². The highest BCUT2D eigenvalue weighted by molar-refractivity contribution is 6.03. The Hall–Kier alpha value is -3.09. The Kier molecular flexibility index (Phi) is 7.59. The van der Waals surface area contributed by atoms with E-state index in [1.165, 1.54) is 0 Å². The van der Waals surface area contributed by atoms with E-state index in [1.807, 2.05) is 19.9 Å². The Balaban J connectivity index is 2.85. The Morgan fingerprint density at radius 1 is 0.724 bits per heavy atom. The third-order valence-corrected chi connectivity index (χ3v) is 4.80. The molecule has 0 aromatic heterocycles. The van der Waals surface area contributed by atoms with Gasteiger partial charge in [-0.25, -0.2) is 0 Å². The van der Waals surface area contributed by atoms with Crippen LogP contribution in [-0.4, -0.2) is 59.4 Å². The largest absolute Gasteiger partial charge is 0.493 e. The molecule has 2 aromatic rings. The average Bonchev–Trinajstić information content (AvgIpc) is 2.77.